The third-order valence-electron chi connectivity index (χ3n) is 3.52. The Morgan fingerprint density at radius 3 is 2.95 bits per heavy atom. The van der Waals surface area contributed by atoms with Crippen molar-refractivity contribution in [1.29, 1.82) is 0 Å². The Morgan fingerprint density at radius 1 is 1.43 bits per heavy atom. The normalized spacial score (nSPS) is 20.6. The molecular weight excluding hydrogens is 315 g/mol. The van der Waals surface area contributed by atoms with E-state index in [9.17, 15) is 9.90 Å². The molecule has 1 amide bonds. The first-order chi connectivity index (χ1) is 9.25. The molecular formula is C13H18Cl2N4O2. The second-order valence-electron chi connectivity index (χ2n) is 4.80. The lowest BCUT2D eigenvalue weighted by atomic mass is 10.1. The number of H-pyrrole nitrogens is 1. The zero-order chi connectivity index (χ0) is 13.2. The molecule has 2 unspecified atom stereocenters. The highest BCUT2D eigenvalue weighted by atomic mass is 35.5. The fraction of sp³-hybridized carbons (Fsp3) is 0.385. The van der Waals surface area contributed by atoms with E-state index in [4.69, 9.17) is 0 Å². The van der Waals surface area contributed by atoms with Gasteiger partial charge in [-0.1, -0.05) is 0 Å². The summed E-state index contributed by atoms with van der Waals surface area (Å²) in [4.78, 5) is 19.2. The fourth-order valence-corrected chi connectivity index (χ4v) is 2.39. The van der Waals surface area contributed by atoms with E-state index in [0.717, 1.165) is 11.9 Å². The number of aliphatic hydroxyl groups excluding tert-OH is 1. The van der Waals surface area contributed by atoms with Gasteiger partial charge in [0.15, 0.2) is 0 Å². The summed E-state index contributed by atoms with van der Waals surface area (Å²) in [5.41, 5.74) is 1.29. The summed E-state index contributed by atoms with van der Waals surface area (Å²) < 4.78 is 0. The minimum atomic E-state index is -0.384. The van der Waals surface area contributed by atoms with Crippen LogP contribution in [0.5, 0.6) is 0 Å². The van der Waals surface area contributed by atoms with Crippen LogP contribution < -0.4 is 10.6 Å². The molecule has 2 aromatic heterocycles. The molecule has 2 atom stereocenters. The average molecular weight is 333 g/mol. The predicted octanol–water partition coefficient (Wildman–Crippen LogP) is 0.717. The highest BCUT2D eigenvalue weighted by molar-refractivity contribution is 6.05. The van der Waals surface area contributed by atoms with Crippen molar-refractivity contribution < 1.29 is 9.90 Å². The van der Waals surface area contributed by atoms with Gasteiger partial charge >= 0.3 is 0 Å². The highest BCUT2D eigenvalue weighted by Crippen LogP contribution is 2.15. The zero-order valence-electron chi connectivity index (χ0n) is 11.2. The molecule has 1 aliphatic rings. The van der Waals surface area contributed by atoms with Crippen LogP contribution >= 0.6 is 24.8 Å². The molecule has 8 heteroatoms. The maximum atomic E-state index is 12.1. The van der Waals surface area contributed by atoms with Gasteiger partial charge in [-0.05, 0) is 12.1 Å². The van der Waals surface area contributed by atoms with Gasteiger partial charge in [0, 0.05) is 43.3 Å². The minimum absolute atomic E-state index is 0. The summed E-state index contributed by atoms with van der Waals surface area (Å²) >= 11 is 0. The quantitative estimate of drug-likeness (QED) is 0.666. The number of rotatable bonds is 3. The van der Waals surface area contributed by atoms with Crippen molar-refractivity contribution in [2.45, 2.75) is 6.10 Å². The summed E-state index contributed by atoms with van der Waals surface area (Å²) in [5.74, 6) is -0.0642. The van der Waals surface area contributed by atoms with E-state index in [0.29, 0.717) is 24.3 Å². The summed E-state index contributed by atoms with van der Waals surface area (Å²) in [5, 5.41) is 16.4. The van der Waals surface area contributed by atoms with Gasteiger partial charge in [-0.3, -0.25) is 4.79 Å². The molecule has 116 valence electrons. The van der Waals surface area contributed by atoms with Crippen molar-refractivity contribution in [3.8, 4) is 0 Å². The van der Waals surface area contributed by atoms with Crippen molar-refractivity contribution in [3.63, 3.8) is 0 Å². The molecule has 2 aromatic rings. The van der Waals surface area contributed by atoms with E-state index < -0.39 is 0 Å². The minimum Gasteiger partial charge on any atom is -0.391 e. The molecule has 0 saturated carbocycles. The lowest BCUT2D eigenvalue weighted by molar-refractivity contribution is 0.0928. The van der Waals surface area contributed by atoms with Crippen LogP contribution in [0.25, 0.3) is 11.0 Å². The van der Waals surface area contributed by atoms with E-state index in [2.05, 4.69) is 20.6 Å². The second-order valence-corrected chi connectivity index (χ2v) is 4.80. The molecule has 0 bridgehead atoms. The first-order valence-corrected chi connectivity index (χ1v) is 6.35. The number of aromatic amines is 1. The summed E-state index contributed by atoms with van der Waals surface area (Å²) in [6.45, 7) is 1.80. The molecule has 0 spiro atoms. The zero-order valence-corrected chi connectivity index (χ0v) is 12.8. The Bertz CT molecular complexity index is 605. The number of aromatic nitrogens is 2. The van der Waals surface area contributed by atoms with Crippen molar-refractivity contribution >= 4 is 41.8 Å². The van der Waals surface area contributed by atoms with Crippen LogP contribution in [0.1, 0.15) is 10.4 Å². The van der Waals surface area contributed by atoms with Crippen LogP contribution in [-0.2, 0) is 0 Å². The Morgan fingerprint density at radius 2 is 2.24 bits per heavy atom. The third kappa shape index (κ3) is 3.65. The van der Waals surface area contributed by atoms with E-state index >= 15 is 0 Å². The van der Waals surface area contributed by atoms with Crippen LogP contribution in [0.2, 0.25) is 0 Å². The van der Waals surface area contributed by atoms with Crippen LogP contribution in [0, 0.1) is 5.92 Å². The smallest absolute Gasteiger partial charge is 0.253 e. The SMILES string of the molecule is Cl.Cl.O=C(NCC1CNCC1O)c1c[nH]c2ncccc12. The van der Waals surface area contributed by atoms with Crippen LogP contribution in [0.15, 0.2) is 24.5 Å². The number of hydrogen-bond donors (Lipinski definition) is 4. The number of carbonyl (C=O) groups is 1. The number of nitrogens with one attached hydrogen (secondary N) is 3. The maximum absolute atomic E-state index is 12.1. The van der Waals surface area contributed by atoms with Crippen LogP contribution in [0.3, 0.4) is 0 Å². The molecule has 0 radical (unpaired) electrons. The van der Waals surface area contributed by atoms with Crippen molar-refractivity contribution in [2.75, 3.05) is 19.6 Å². The lowest BCUT2D eigenvalue weighted by Crippen LogP contribution is -2.34. The third-order valence-corrected chi connectivity index (χ3v) is 3.52. The van der Waals surface area contributed by atoms with Crippen molar-refractivity contribution in [1.82, 2.24) is 20.6 Å². The second kappa shape index (κ2) is 7.61. The molecule has 1 aliphatic heterocycles. The first kappa shape index (κ1) is 17.7. The number of hydrogen-bond acceptors (Lipinski definition) is 4. The van der Waals surface area contributed by atoms with Gasteiger partial charge in [-0.25, -0.2) is 4.98 Å². The number of aliphatic hydroxyl groups is 1. The van der Waals surface area contributed by atoms with Crippen LogP contribution in [0.4, 0.5) is 0 Å². The monoisotopic (exact) mass is 332 g/mol. The molecule has 1 fully saturated rings. The molecule has 6 nitrogen and oxygen atoms in total. The first-order valence-electron chi connectivity index (χ1n) is 6.35. The van der Waals surface area contributed by atoms with Gasteiger partial charge in [0.05, 0.1) is 11.7 Å². The Hall–Kier alpha value is -1.34. The molecule has 0 aliphatic carbocycles. The van der Waals surface area contributed by atoms with Crippen molar-refractivity contribution in [2.24, 2.45) is 5.92 Å². The topological polar surface area (TPSA) is 90.0 Å². The highest BCUT2D eigenvalue weighted by Gasteiger charge is 2.25. The number of halogens is 2. The number of pyridine rings is 1. The van der Waals surface area contributed by atoms with Gasteiger partial charge in [0.1, 0.15) is 5.65 Å². The van der Waals surface area contributed by atoms with E-state index in [-0.39, 0.29) is 42.7 Å². The Kier molecular flexibility index (Phi) is 6.42. The standard InChI is InChI=1S/C13H16N4O2.2ClH/c18-11-7-14-4-8(11)5-17-13(19)10-6-16-12-9(10)2-1-3-15-12;;/h1-3,6,8,11,14,18H,4-5,7H2,(H,15,16)(H,17,19);2*1H. The predicted molar refractivity (Wildman–Crippen MR) is 85.3 cm³/mol. The molecule has 3 heterocycles. The fourth-order valence-electron chi connectivity index (χ4n) is 2.39. The molecule has 3 rings (SSSR count). The molecule has 4 N–H and O–H groups in total. The number of β-amino-alcohol motifs (C(OH)–C–C–N with tert-alkyl or cyclic N) is 1. The lowest BCUT2D eigenvalue weighted by Gasteiger charge is -2.13. The van der Waals surface area contributed by atoms with Crippen LogP contribution in [-0.4, -0.2) is 46.7 Å². The largest absolute Gasteiger partial charge is 0.391 e. The summed E-state index contributed by atoms with van der Waals surface area (Å²) in [6, 6.07) is 3.66. The molecule has 0 aromatic carbocycles. The summed E-state index contributed by atoms with van der Waals surface area (Å²) in [6.07, 6.45) is 2.96. The Labute approximate surface area is 134 Å². The van der Waals surface area contributed by atoms with Gasteiger partial charge in [-0.15, -0.1) is 24.8 Å². The van der Waals surface area contributed by atoms with Gasteiger partial charge < -0.3 is 20.7 Å². The van der Waals surface area contributed by atoms with E-state index in [1.165, 1.54) is 0 Å². The van der Waals surface area contributed by atoms with E-state index in [1.54, 1.807) is 18.5 Å². The number of nitrogens with zero attached hydrogens (tertiary/aromatic N) is 1. The molecule has 21 heavy (non-hydrogen) atoms. The number of fused-ring (bicyclic) bond motifs is 1. The van der Waals surface area contributed by atoms with Gasteiger partial charge in [0.25, 0.3) is 5.91 Å². The van der Waals surface area contributed by atoms with E-state index in [1.807, 2.05) is 6.07 Å². The Balaban J connectivity index is 0.00000110. The molecule has 1 saturated heterocycles. The van der Waals surface area contributed by atoms with Crippen molar-refractivity contribution in [3.05, 3.63) is 30.1 Å². The summed E-state index contributed by atoms with van der Waals surface area (Å²) in [7, 11) is 0. The number of amides is 1. The van der Waals surface area contributed by atoms with Gasteiger partial charge in [0.2, 0.25) is 0 Å². The average Bonchev–Trinajstić information content (AvgIpc) is 3.02. The van der Waals surface area contributed by atoms with Gasteiger partial charge in [-0.2, -0.15) is 0 Å². The number of carbonyl (C=O) groups excluding carboxylic acids is 1. The maximum Gasteiger partial charge on any atom is 0.253 e.